The van der Waals surface area contributed by atoms with Crippen LogP contribution in [0.1, 0.15) is 6.92 Å². The van der Waals surface area contributed by atoms with E-state index in [1.54, 1.807) is 0 Å². The second-order valence-corrected chi connectivity index (χ2v) is 12.0. The van der Waals surface area contributed by atoms with Crippen LogP contribution in [0, 0.1) is 0 Å². The zero-order valence-electron chi connectivity index (χ0n) is 26.2. The Kier molecular flexibility index (Phi) is 15.6. The zero-order chi connectivity index (χ0) is 36.9. The minimum atomic E-state index is -1.93. The molecule has 0 bridgehead atoms. The highest BCUT2D eigenvalue weighted by Gasteiger charge is 2.53. The molecule has 0 aromatic heterocycles. The lowest BCUT2D eigenvalue weighted by atomic mass is 9.86. The molecule has 0 aromatic rings. The maximum Gasteiger partial charge on any atom is 0.317 e. The third-order valence-corrected chi connectivity index (χ3v) is 8.65. The minimum Gasteiger partial charge on any atom is -0.480 e. The number of carbonyl (C=O) groups is 1. The number of carboxylic acid groups (broad SMARTS) is 1. The number of hydrogen-bond acceptors (Lipinski definition) is 21. The largest absolute Gasteiger partial charge is 0.480 e. The van der Waals surface area contributed by atoms with Gasteiger partial charge in [0.15, 0.2) is 18.9 Å². The van der Waals surface area contributed by atoms with E-state index in [1.165, 1.54) is 13.0 Å². The van der Waals surface area contributed by atoms with Crippen molar-refractivity contribution in [2.75, 3.05) is 26.4 Å². The van der Waals surface area contributed by atoms with Gasteiger partial charge in [-0.15, -0.1) is 0 Å². The summed E-state index contributed by atoms with van der Waals surface area (Å²) in [7, 11) is 0. The van der Waals surface area contributed by atoms with Gasteiger partial charge in [-0.25, -0.2) is 0 Å². The van der Waals surface area contributed by atoms with E-state index in [-0.39, 0.29) is 12.1 Å². The molecule has 0 unspecified atom stereocenters. The summed E-state index contributed by atoms with van der Waals surface area (Å²) in [4.78, 5) is 9.24. The fourth-order valence-corrected chi connectivity index (χ4v) is 5.81. The Morgan fingerprint density at radius 2 is 1.22 bits per heavy atom. The van der Waals surface area contributed by atoms with Crippen molar-refractivity contribution in [3.8, 4) is 0 Å². The molecule has 3 aliphatic heterocycles. The first kappa shape index (κ1) is 41.8. The highest BCUT2D eigenvalue weighted by molar-refractivity contribution is 5.68. The SMILES string of the molecule is C[C@H]1O[C@H](O[C@H]2[C@H](O)[C@@H](O)[C@@H](O[C@H]3[C@H](O)[C@@H](O)[C@H](O)O[C@@H]3CO)O[C@@H]2CO)[C@H](O)[C@@H](O)[C@@H]1N[C@H]1C=C(CO)[C@@H](O)[C@H](O)[C@H]1O.NCC(=O)O. The van der Waals surface area contributed by atoms with Crippen molar-refractivity contribution in [2.45, 2.75) is 123 Å². The summed E-state index contributed by atoms with van der Waals surface area (Å²) in [6.45, 7) is -1.03. The van der Waals surface area contributed by atoms with Crippen LogP contribution in [0.3, 0.4) is 0 Å². The van der Waals surface area contributed by atoms with E-state index >= 15 is 0 Å². The number of hydrogen-bond donors (Lipinski definition) is 16. The molecule has 4 rings (SSSR count). The van der Waals surface area contributed by atoms with Gasteiger partial charge in [0.05, 0.1) is 44.6 Å². The number of nitrogens with one attached hydrogen (secondary N) is 1. The molecule has 3 heterocycles. The Bertz CT molecular complexity index is 1070. The molecule has 4 aliphatic rings. The summed E-state index contributed by atoms with van der Waals surface area (Å²) in [6.07, 6.45) is -26.6. The summed E-state index contributed by atoms with van der Waals surface area (Å²) in [6, 6.07) is -2.17. The highest BCUT2D eigenvalue weighted by atomic mass is 16.7. The molecule has 49 heavy (non-hydrogen) atoms. The smallest absolute Gasteiger partial charge is 0.317 e. The van der Waals surface area contributed by atoms with Crippen molar-refractivity contribution in [3.63, 3.8) is 0 Å². The van der Waals surface area contributed by atoms with Gasteiger partial charge >= 0.3 is 5.97 Å². The molecule has 0 saturated carbocycles. The lowest BCUT2D eigenvalue weighted by molar-refractivity contribution is -0.373. The third kappa shape index (κ3) is 9.45. The van der Waals surface area contributed by atoms with E-state index in [0.29, 0.717) is 0 Å². The first-order chi connectivity index (χ1) is 23.0. The lowest BCUT2D eigenvalue weighted by Gasteiger charge is -2.48. The molecule has 22 nitrogen and oxygen atoms in total. The van der Waals surface area contributed by atoms with Crippen molar-refractivity contribution in [2.24, 2.45) is 5.73 Å². The Balaban J connectivity index is 0.00000121. The number of carboxylic acids is 1. The number of aliphatic carboxylic acids is 1. The highest BCUT2D eigenvalue weighted by Crippen LogP contribution is 2.32. The van der Waals surface area contributed by atoms with Gasteiger partial charge in [0.2, 0.25) is 0 Å². The van der Waals surface area contributed by atoms with Crippen molar-refractivity contribution < 1.29 is 100.0 Å². The normalized spacial score (nSPS) is 47.5. The summed E-state index contributed by atoms with van der Waals surface area (Å²) in [5.74, 6) is -0.968. The summed E-state index contributed by atoms with van der Waals surface area (Å²) in [5.41, 5.74) is 4.59. The predicted octanol–water partition coefficient (Wildman–Crippen LogP) is -9.53. The fraction of sp³-hybridized carbons (Fsp3) is 0.889. The molecule has 0 amide bonds. The van der Waals surface area contributed by atoms with Crippen LogP contribution in [-0.2, 0) is 28.5 Å². The molecule has 1 aliphatic carbocycles. The maximum atomic E-state index is 10.9. The number of ether oxygens (including phenoxy) is 5. The minimum absolute atomic E-state index is 0.0225. The second-order valence-electron chi connectivity index (χ2n) is 12.0. The van der Waals surface area contributed by atoms with Crippen LogP contribution < -0.4 is 11.1 Å². The second kappa shape index (κ2) is 18.3. The van der Waals surface area contributed by atoms with E-state index in [0.717, 1.165) is 0 Å². The van der Waals surface area contributed by atoms with Gasteiger partial charge in [-0.05, 0) is 12.5 Å². The summed E-state index contributed by atoms with van der Waals surface area (Å²) >= 11 is 0. The number of rotatable bonds is 10. The molecule has 22 heteroatoms. The maximum absolute atomic E-state index is 10.9. The molecule has 19 atom stereocenters. The number of aliphatic hydroxyl groups excluding tert-OH is 13. The van der Waals surface area contributed by atoms with Gasteiger partial charge in [0.1, 0.15) is 79.4 Å². The topological polar surface area (TPSA) is 384 Å². The monoisotopic (exact) mass is 720 g/mol. The van der Waals surface area contributed by atoms with Crippen LogP contribution in [0.2, 0.25) is 0 Å². The first-order valence-corrected chi connectivity index (χ1v) is 15.3. The van der Waals surface area contributed by atoms with Gasteiger partial charge in [0.25, 0.3) is 0 Å². The van der Waals surface area contributed by atoms with Crippen LogP contribution in [0.25, 0.3) is 0 Å². The van der Waals surface area contributed by atoms with Crippen molar-refractivity contribution >= 4 is 5.97 Å². The molecule has 17 N–H and O–H groups in total. The summed E-state index contributed by atoms with van der Waals surface area (Å²) < 4.78 is 27.4. The molecule has 0 radical (unpaired) electrons. The molecule has 3 saturated heterocycles. The van der Waals surface area contributed by atoms with Gasteiger partial charge in [-0.2, -0.15) is 0 Å². The van der Waals surface area contributed by atoms with Crippen molar-refractivity contribution in [1.82, 2.24) is 5.32 Å². The Morgan fingerprint density at radius 3 is 1.73 bits per heavy atom. The Labute approximate surface area is 278 Å². The van der Waals surface area contributed by atoms with Crippen molar-refractivity contribution in [3.05, 3.63) is 11.6 Å². The molecule has 0 aromatic carbocycles. The molecular weight excluding hydrogens is 672 g/mol. The fourth-order valence-electron chi connectivity index (χ4n) is 5.81. The molecule has 3 fully saturated rings. The van der Waals surface area contributed by atoms with Crippen LogP contribution in [0.15, 0.2) is 11.6 Å². The first-order valence-electron chi connectivity index (χ1n) is 15.3. The van der Waals surface area contributed by atoms with Crippen LogP contribution in [-0.4, -0.2) is 220 Å². The van der Waals surface area contributed by atoms with Crippen molar-refractivity contribution in [1.29, 1.82) is 0 Å². The molecular formula is C27H48N2O20. The lowest BCUT2D eigenvalue weighted by Crippen LogP contribution is -2.68. The molecule has 0 spiro atoms. The Morgan fingerprint density at radius 1 is 0.735 bits per heavy atom. The quantitative estimate of drug-likeness (QED) is 0.0931. The third-order valence-electron chi connectivity index (χ3n) is 8.65. The number of nitrogens with two attached hydrogens (primary N) is 1. The molecule has 286 valence electrons. The average molecular weight is 721 g/mol. The summed E-state index contributed by atoms with van der Waals surface area (Å²) in [5, 5.41) is 143. The van der Waals surface area contributed by atoms with Gasteiger partial charge in [-0.1, -0.05) is 6.08 Å². The zero-order valence-corrected chi connectivity index (χ0v) is 26.2. The van der Waals surface area contributed by atoms with Crippen LogP contribution in [0.5, 0.6) is 0 Å². The van der Waals surface area contributed by atoms with E-state index in [4.69, 9.17) is 28.8 Å². The van der Waals surface area contributed by atoms with E-state index in [2.05, 4.69) is 11.1 Å². The van der Waals surface area contributed by atoms with Gasteiger partial charge < -0.3 is 106 Å². The van der Waals surface area contributed by atoms with Crippen LogP contribution in [0.4, 0.5) is 0 Å². The van der Waals surface area contributed by atoms with Gasteiger partial charge in [-0.3, -0.25) is 4.79 Å². The number of aliphatic hydroxyl groups is 13. The Hall–Kier alpha value is -1.59. The van der Waals surface area contributed by atoms with E-state index in [1.807, 2.05) is 0 Å². The van der Waals surface area contributed by atoms with Gasteiger partial charge in [0, 0.05) is 0 Å². The van der Waals surface area contributed by atoms with E-state index < -0.39 is 142 Å². The standard InChI is InChI=1S/C25H43NO18.C2H5NO2/c1-6-11(26-8-2-7(3-27)12(30)15(33)13(8)31)14(32)19(37)24(40-6)43-22-10(5-29)42-25(20(38)17(22)35)44-21-9(4-28)41-23(39)18(36)16(21)34;3-1-2(4)5/h2,6,8-39H,3-5H2,1H3;1,3H2,(H,4,5)/t6-,8+,9-,10-,11-,12-,13+,14+,15+,16-,17-,18-,19-,20-,21-,22-,23-,24-,25-;/m1./s1. The van der Waals surface area contributed by atoms with E-state index in [9.17, 15) is 71.2 Å². The average Bonchev–Trinajstić information content (AvgIpc) is 3.08. The van der Waals surface area contributed by atoms with Crippen LogP contribution >= 0.6 is 0 Å². The predicted molar refractivity (Wildman–Crippen MR) is 154 cm³/mol.